The van der Waals surface area contributed by atoms with E-state index in [0.717, 1.165) is 23.1 Å². The maximum absolute atomic E-state index is 13.0. The van der Waals surface area contributed by atoms with Crippen LogP contribution in [0.1, 0.15) is 72.7 Å². The highest BCUT2D eigenvalue weighted by Gasteiger charge is 2.19. The molecule has 0 saturated carbocycles. The maximum atomic E-state index is 13.0. The number of halogens is 1. The van der Waals surface area contributed by atoms with Gasteiger partial charge in [0.2, 0.25) is 0 Å². The Kier molecular flexibility index (Phi) is 10.8. The smallest absolute Gasteiger partial charge is 0.303 e. The maximum Gasteiger partial charge on any atom is 0.303 e. The van der Waals surface area contributed by atoms with Gasteiger partial charge in [0.25, 0.3) is 5.91 Å². The van der Waals surface area contributed by atoms with E-state index < -0.39 is 5.97 Å². The number of para-hydroxylation sites is 1. The van der Waals surface area contributed by atoms with Crippen molar-refractivity contribution in [3.05, 3.63) is 87.4 Å². The monoisotopic (exact) mass is 581 g/mol. The number of carbonyl (C=O) groups excluding carboxylic acids is 1. The summed E-state index contributed by atoms with van der Waals surface area (Å²) in [7, 11) is 0. The first-order chi connectivity index (χ1) is 18.1. The molecule has 0 aliphatic heterocycles. The van der Waals surface area contributed by atoms with Gasteiger partial charge in [-0.2, -0.15) is 0 Å². The minimum absolute atomic E-state index is 0.0157. The molecule has 3 rings (SSSR count). The van der Waals surface area contributed by atoms with Gasteiger partial charge >= 0.3 is 5.97 Å². The Hall–Kier alpha value is -3.32. The van der Waals surface area contributed by atoms with Crippen LogP contribution in [0.5, 0.6) is 11.5 Å². The lowest BCUT2D eigenvalue weighted by Crippen LogP contribution is -2.14. The minimum Gasteiger partial charge on any atom is -0.493 e. The number of ether oxygens (including phenoxy) is 2. The molecular weight excluding hydrogens is 546 g/mol. The molecule has 1 atom stereocenters. The van der Waals surface area contributed by atoms with Crippen LogP contribution in [0.25, 0.3) is 0 Å². The van der Waals surface area contributed by atoms with E-state index in [1.54, 1.807) is 24.3 Å². The van der Waals surface area contributed by atoms with Crippen LogP contribution in [-0.2, 0) is 4.79 Å². The summed E-state index contributed by atoms with van der Waals surface area (Å²) in [5, 5.41) is 11.7. The predicted octanol–water partition coefficient (Wildman–Crippen LogP) is 8.12. The molecule has 0 aliphatic carbocycles. The molecule has 0 saturated heterocycles. The van der Waals surface area contributed by atoms with Crippen LogP contribution >= 0.6 is 15.9 Å². The lowest BCUT2D eigenvalue weighted by atomic mass is 9.94. The molecule has 202 valence electrons. The van der Waals surface area contributed by atoms with Gasteiger partial charge in [-0.05, 0) is 104 Å². The number of aliphatic carboxylic acids is 1. The van der Waals surface area contributed by atoms with E-state index in [4.69, 9.17) is 14.6 Å². The summed E-state index contributed by atoms with van der Waals surface area (Å²) in [6, 6.07) is 18.6. The van der Waals surface area contributed by atoms with Crippen molar-refractivity contribution in [2.24, 2.45) is 5.92 Å². The van der Waals surface area contributed by atoms with Gasteiger partial charge in [0.1, 0.15) is 17.6 Å². The third kappa shape index (κ3) is 8.62. The fourth-order valence-corrected chi connectivity index (χ4v) is 4.69. The lowest BCUT2D eigenvalue weighted by Gasteiger charge is -2.23. The summed E-state index contributed by atoms with van der Waals surface area (Å²) < 4.78 is 13.2. The standard InChI is InChI=1S/C31H36BrNO5/c1-20(2)11-16-29(27-19-23(32)18-21(3)22(27)4)38-25-14-12-24(13-15-25)33-31(36)26-8-5-6-9-28(26)37-17-7-10-30(34)35/h5-6,8-9,12-15,18-20,29H,7,10-11,16-17H2,1-4H3,(H,33,36)(H,34,35). The molecular formula is C31H36BrNO5. The van der Waals surface area contributed by atoms with Gasteiger partial charge in [0, 0.05) is 16.6 Å². The summed E-state index contributed by atoms with van der Waals surface area (Å²) in [4.78, 5) is 23.7. The molecule has 0 bridgehead atoms. The Labute approximate surface area is 233 Å². The average molecular weight is 583 g/mol. The second-order valence-corrected chi connectivity index (χ2v) is 10.8. The van der Waals surface area contributed by atoms with E-state index in [9.17, 15) is 9.59 Å². The third-order valence-corrected chi connectivity index (χ3v) is 6.80. The first-order valence-corrected chi connectivity index (χ1v) is 13.7. The molecule has 0 radical (unpaired) electrons. The molecule has 2 N–H and O–H groups in total. The number of carbonyl (C=O) groups is 2. The van der Waals surface area contributed by atoms with Crippen molar-refractivity contribution >= 4 is 33.5 Å². The van der Waals surface area contributed by atoms with Crippen molar-refractivity contribution in [2.45, 2.75) is 59.5 Å². The number of rotatable bonds is 13. The number of amides is 1. The number of hydrogen-bond donors (Lipinski definition) is 2. The summed E-state index contributed by atoms with van der Waals surface area (Å²) in [5.74, 6) is 0.540. The summed E-state index contributed by atoms with van der Waals surface area (Å²) in [5.41, 5.74) is 4.65. The highest BCUT2D eigenvalue weighted by atomic mass is 79.9. The van der Waals surface area contributed by atoms with Gasteiger partial charge in [-0.3, -0.25) is 9.59 Å². The number of carboxylic acids is 1. The number of nitrogens with one attached hydrogen (secondary N) is 1. The van der Waals surface area contributed by atoms with Crippen LogP contribution in [0.15, 0.2) is 65.1 Å². The van der Waals surface area contributed by atoms with Gasteiger partial charge in [-0.15, -0.1) is 0 Å². The van der Waals surface area contributed by atoms with E-state index in [0.29, 0.717) is 29.3 Å². The van der Waals surface area contributed by atoms with E-state index >= 15 is 0 Å². The van der Waals surface area contributed by atoms with Crippen LogP contribution in [0.3, 0.4) is 0 Å². The molecule has 1 unspecified atom stereocenters. The Bertz CT molecular complexity index is 1240. The molecule has 0 aliphatic rings. The lowest BCUT2D eigenvalue weighted by molar-refractivity contribution is -0.137. The van der Waals surface area contributed by atoms with Gasteiger partial charge < -0.3 is 19.9 Å². The van der Waals surface area contributed by atoms with Crippen LogP contribution in [0.2, 0.25) is 0 Å². The number of carboxylic acid groups (broad SMARTS) is 1. The van der Waals surface area contributed by atoms with E-state index in [1.807, 2.05) is 24.3 Å². The topological polar surface area (TPSA) is 84.9 Å². The molecule has 3 aromatic rings. The normalized spacial score (nSPS) is 11.7. The number of hydrogen-bond acceptors (Lipinski definition) is 4. The number of anilines is 1. The summed E-state index contributed by atoms with van der Waals surface area (Å²) >= 11 is 3.63. The Morgan fingerprint density at radius 1 is 1.00 bits per heavy atom. The highest BCUT2D eigenvalue weighted by Crippen LogP contribution is 2.33. The van der Waals surface area contributed by atoms with Gasteiger partial charge in [-0.1, -0.05) is 41.9 Å². The predicted molar refractivity (Wildman–Crippen MR) is 154 cm³/mol. The van der Waals surface area contributed by atoms with E-state index in [1.165, 1.54) is 16.7 Å². The number of aryl methyl sites for hydroxylation is 1. The second-order valence-electron chi connectivity index (χ2n) is 9.84. The molecule has 0 fully saturated rings. The second kappa shape index (κ2) is 14.0. The molecule has 1 amide bonds. The Morgan fingerprint density at radius 3 is 2.39 bits per heavy atom. The van der Waals surface area contributed by atoms with Crippen LogP contribution in [-0.4, -0.2) is 23.6 Å². The zero-order valence-corrected chi connectivity index (χ0v) is 24.0. The fraction of sp³-hybridized carbons (Fsp3) is 0.355. The minimum atomic E-state index is -0.875. The molecule has 0 heterocycles. The van der Waals surface area contributed by atoms with Crippen LogP contribution in [0, 0.1) is 19.8 Å². The van der Waals surface area contributed by atoms with Gasteiger partial charge in [0.05, 0.1) is 12.2 Å². The molecule has 6 nitrogen and oxygen atoms in total. The van der Waals surface area contributed by atoms with Crippen molar-refractivity contribution in [2.75, 3.05) is 11.9 Å². The van der Waals surface area contributed by atoms with Crippen molar-refractivity contribution in [3.63, 3.8) is 0 Å². The fourth-order valence-electron chi connectivity index (χ4n) is 4.10. The molecule has 38 heavy (non-hydrogen) atoms. The van der Waals surface area contributed by atoms with Crippen molar-refractivity contribution in [1.29, 1.82) is 0 Å². The Morgan fingerprint density at radius 2 is 1.71 bits per heavy atom. The van der Waals surface area contributed by atoms with E-state index in [2.05, 4.69) is 61.1 Å². The summed E-state index contributed by atoms with van der Waals surface area (Å²) in [6.07, 6.45) is 2.24. The third-order valence-electron chi connectivity index (χ3n) is 6.34. The SMILES string of the molecule is Cc1cc(Br)cc(C(CCC(C)C)Oc2ccc(NC(=O)c3ccccc3OCCCC(=O)O)cc2)c1C. The van der Waals surface area contributed by atoms with Crippen molar-refractivity contribution in [1.82, 2.24) is 0 Å². The Balaban J connectivity index is 1.70. The van der Waals surface area contributed by atoms with Gasteiger partial charge in [0.15, 0.2) is 0 Å². The first kappa shape index (κ1) is 29.2. The van der Waals surface area contributed by atoms with Gasteiger partial charge in [-0.25, -0.2) is 0 Å². The molecule has 0 spiro atoms. The van der Waals surface area contributed by atoms with Crippen LogP contribution < -0.4 is 14.8 Å². The summed E-state index contributed by atoms with van der Waals surface area (Å²) in [6.45, 7) is 8.90. The first-order valence-electron chi connectivity index (χ1n) is 12.9. The average Bonchev–Trinajstić information content (AvgIpc) is 2.87. The zero-order valence-electron chi connectivity index (χ0n) is 22.4. The van der Waals surface area contributed by atoms with Crippen molar-refractivity contribution in [3.8, 4) is 11.5 Å². The number of benzene rings is 3. The molecule has 0 aromatic heterocycles. The zero-order chi connectivity index (χ0) is 27.7. The quantitative estimate of drug-likeness (QED) is 0.199. The largest absolute Gasteiger partial charge is 0.493 e. The molecule has 3 aromatic carbocycles. The van der Waals surface area contributed by atoms with E-state index in [-0.39, 0.29) is 25.0 Å². The highest BCUT2D eigenvalue weighted by molar-refractivity contribution is 9.10. The van der Waals surface area contributed by atoms with Crippen LogP contribution in [0.4, 0.5) is 5.69 Å². The molecule has 7 heteroatoms. The van der Waals surface area contributed by atoms with Crippen molar-refractivity contribution < 1.29 is 24.2 Å².